The van der Waals surface area contributed by atoms with Crippen LogP contribution in [0.1, 0.15) is 44.9 Å². The molecule has 0 amide bonds. The topological polar surface area (TPSA) is 41.9 Å². The molecule has 2 heterocycles. The third kappa shape index (κ3) is 2.82. The molecule has 0 aromatic rings. The van der Waals surface area contributed by atoms with Gasteiger partial charge < -0.3 is 14.6 Å². The maximum absolute atomic E-state index is 10.2. The van der Waals surface area contributed by atoms with Crippen molar-refractivity contribution >= 4 is 0 Å². The fourth-order valence-corrected chi connectivity index (χ4v) is 4.05. The van der Waals surface area contributed by atoms with Crippen LogP contribution >= 0.6 is 0 Å². The van der Waals surface area contributed by atoms with Gasteiger partial charge in [-0.15, -0.1) is 0 Å². The van der Waals surface area contributed by atoms with E-state index in [1.165, 1.54) is 12.8 Å². The van der Waals surface area contributed by atoms with Crippen LogP contribution in [0.25, 0.3) is 0 Å². The number of rotatable bonds is 2. The van der Waals surface area contributed by atoms with Gasteiger partial charge in [-0.05, 0) is 32.7 Å². The fourth-order valence-electron chi connectivity index (χ4n) is 4.05. The third-order valence-corrected chi connectivity index (χ3v) is 5.33. The molecule has 0 bridgehead atoms. The number of aliphatic hydroxyl groups is 1. The molecular weight excluding hydrogens is 242 g/mol. The first kappa shape index (κ1) is 13.8. The van der Waals surface area contributed by atoms with Crippen LogP contribution in [-0.2, 0) is 9.47 Å². The second-order valence-electron chi connectivity index (χ2n) is 6.57. The minimum absolute atomic E-state index is 0.0310. The van der Waals surface area contributed by atoms with Crippen molar-refractivity contribution in [1.29, 1.82) is 0 Å². The van der Waals surface area contributed by atoms with Crippen LogP contribution in [0, 0.1) is 0 Å². The molecule has 1 spiro atoms. The van der Waals surface area contributed by atoms with Crippen molar-refractivity contribution in [3.63, 3.8) is 0 Å². The smallest absolute Gasteiger partial charge is 0.0951 e. The van der Waals surface area contributed by atoms with Gasteiger partial charge in [0, 0.05) is 31.7 Å². The van der Waals surface area contributed by atoms with Crippen molar-refractivity contribution in [3.05, 3.63) is 0 Å². The summed E-state index contributed by atoms with van der Waals surface area (Å²) in [6.07, 6.45) is 7.57. The number of aliphatic hydroxyl groups excluding tert-OH is 1. The highest BCUT2D eigenvalue weighted by Crippen LogP contribution is 2.36. The van der Waals surface area contributed by atoms with Gasteiger partial charge in [0.2, 0.25) is 0 Å². The highest BCUT2D eigenvalue weighted by molar-refractivity contribution is 4.95. The Morgan fingerprint density at radius 2 is 2.00 bits per heavy atom. The molecular formula is C15H27NO3. The Kier molecular flexibility index (Phi) is 4.13. The third-order valence-electron chi connectivity index (χ3n) is 5.33. The highest BCUT2D eigenvalue weighted by Gasteiger charge is 2.43. The summed E-state index contributed by atoms with van der Waals surface area (Å²) in [6, 6.07) is 0.879. The highest BCUT2D eigenvalue weighted by atomic mass is 16.6. The average molecular weight is 269 g/mol. The van der Waals surface area contributed by atoms with E-state index in [0.717, 1.165) is 51.9 Å². The summed E-state index contributed by atoms with van der Waals surface area (Å²) in [7, 11) is 2.19. The minimum Gasteiger partial charge on any atom is -0.391 e. The Labute approximate surface area is 116 Å². The van der Waals surface area contributed by atoms with E-state index in [9.17, 15) is 5.11 Å². The Hall–Kier alpha value is -0.160. The summed E-state index contributed by atoms with van der Waals surface area (Å²) in [5.41, 5.74) is -0.0310. The van der Waals surface area contributed by atoms with Crippen molar-refractivity contribution in [2.75, 3.05) is 26.9 Å². The Morgan fingerprint density at radius 1 is 1.16 bits per heavy atom. The molecule has 1 N–H and O–H groups in total. The molecule has 4 unspecified atom stereocenters. The molecule has 1 saturated carbocycles. The van der Waals surface area contributed by atoms with Crippen LogP contribution in [0.15, 0.2) is 0 Å². The first-order valence-electron chi connectivity index (χ1n) is 7.82. The van der Waals surface area contributed by atoms with Crippen LogP contribution in [0.2, 0.25) is 0 Å². The summed E-state index contributed by atoms with van der Waals surface area (Å²) in [4.78, 5) is 2.44. The summed E-state index contributed by atoms with van der Waals surface area (Å²) in [5, 5.41) is 10.2. The molecule has 4 nitrogen and oxygen atoms in total. The average Bonchev–Trinajstić information content (AvgIpc) is 2.86. The molecule has 0 aromatic heterocycles. The van der Waals surface area contributed by atoms with Crippen molar-refractivity contribution in [3.8, 4) is 0 Å². The van der Waals surface area contributed by atoms with E-state index in [1.807, 2.05) is 0 Å². The van der Waals surface area contributed by atoms with Gasteiger partial charge in [0.05, 0.1) is 18.3 Å². The van der Waals surface area contributed by atoms with Gasteiger partial charge >= 0.3 is 0 Å². The number of hydrogen-bond donors (Lipinski definition) is 1. The minimum atomic E-state index is -0.141. The molecule has 0 radical (unpaired) electrons. The normalized spacial score (nSPS) is 44.1. The number of hydrogen-bond acceptors (Lipinski definition) is 4. The lowest BCUT2D eigenvalue weighted by Gasteiger charge is -2.45. The summed E-state index contributed by atoms with van der Waals surface area (Å²) in [5.74, 6) is 0. The van der Waals surface area contributed by atoms with Gasteiger partial charge in [-0.1, -0.05) is 12.8 Å². The molecule has 110 valence electrons. The van der Waals surface area contributed by atoms with E-state index in [1.54, 1.807) is 0 Å². The van der Waals surface area contributed by atoms with Gasteiger partial charge in [0.1, 0.15) is 0 Å². The van der Waals surface area contributed by atoms with Crippen molar-refractivity contribution < 1.29 is 14.6 Å². The largest absolute Gasteiger partial charge is 0.391 e. The van der Waals surface area contributed by atoms with Crippen LogP contribution < -0.4 is 0 Å². The molecule has 4 atom stereocenters. The Bertz CT molecular complexity index is 304. The molecule has 3 fully saturated rings. The molecule has 4 heteroatoms. The second-order valence-corrected chi connectivity index (χ2v) is 6.57. The van der Waals surface area contributed by atoms with Crippen LogP contribution in [0.4, 0.5) is 0 Å². The van der Waals surface area contributed by atoms with Gasteiger partial charge in [-0.2, -0.15) is 0 Å². The lowest BCUT2D eigenvalue weighted by molar-refractivity contribution is -0.115. The summed E-state index contributed by atoms with van der Waals surface area (Å²) >= 11 is 0. The number of ether oxygens (including phenoxy) is 2. The lowest BCUT2D eigenvalue weighted by Crippen LogP contribution is -2.54. The van der Waals surface area contributed by atoms with Crippen LogP contribution in [0.5, 0.6) is 0 Å². The van der Waals surface area contributed by atoms with E-state index in [-0.39, 0.29) is 11.7 Å². The Balaban J connectivity index is 1.64. The fraction of sp³-hybridized carbons (Fsp3) is 1.00. The van der Waals surface area contributed by atoms with Gasteiger partial charge in [-0.25, -0.2) is 0 Å². The van der Waals surface area contributed by atoms with Gasteiger partial charge in [0.25, 0.3) is 0 Å². The maximum atomic E-state index is 10.2. The van der Waals surface area contributed by atoms with E-state index in [0.29, 0.717) is 12.1 Å². The predicted molar refractivity (Wildman–Crippen MR) is 73.2 cm³/mol. The zero-order valence-electron chi connectivity index (χ0n) is 12.0. The molecule has 2 aliphatic heterocycles. The van der Waals surface area contributed by atoms with Crippen molar-refractivity contribution in [1.82, 2.24) is 4.90 Å². The molecule has 3 aliphatic rings. The number of likely N-dealkylation sites (N-methyl/N-ethyl adjacent to an activating group) is 1. The van der Waals surface area contributed by atoms with Crippen LogP contribution in [-0.4, -0.2) is 60.7 Å². The molecule has 2 saturated heterocycles. The first-order valence-corrected chi connectivity index (χ1v) is 7.82. The first-order chi connectivity index (χ1) is 9.20. The monoisotopic (exact) mass is 269 g/mol. The summed E-state index contributed by atoms with van der Waals surface area (Å²) in [6.45, 7) is 2.42. The zero-order valence-corrected chi connectivity index (χ0v) is 12.0. The lowest BCUT2D eigenvalue weighted by atomic mass is 9.85. The van der Waals surface area contributed by atoms with Crippen molar-refractivity contribution in [2.45, 2.75) is 68.7 Å². The van der Waals surface area contributed by atoms with E-state index >= 15 is 0 Å². The quantitative estimate of drug-likeness (QED) is 0.826. The Morgan fingerprint density at radius 3 is 2.74 bits per heavy atom. The van der Waals surface area contributed by atoms with Gasteiger partial charge in [0.15, 0.2) is 0 Å². The number of nitrogens with zero attached hydrogens (tertiary/aromatic N) is 1. The van der Waals surface area contributed by atoms with E-state index in [2.05, 4.69) is 11.9 Å². The van der Waals surface area contributed by atoms with E-state index < -0.39 is 0 Å². The molecule has 3 rings (SSSR count). The maximum Gasteiger partial charge on any atom is 0.0951 e. The van der Waals surface area contributed by atoms with E-state index in [4.69, 9.17) is 9.47 Å². The van der Waals surface area contributed by atoms with Crippen molar-refractivity contribution in [2.24, 2.45) is 0 Å². The zero-order chi connectivity index (χ0) is 13.3. The SMILES string of the molecule is CN(C1CCOC2(CCOC2)C1)C1CCCCC1O. The summed E-state index contributed by atoms with van der Waals surface area (Å²) < 4.78 is 11.5. The standard InChI is InChI=1S/C15H27NO3/c1-16(13-4-2-3-5-14(13)17)12-6-8-19-15(10-12)7-9-18-11-15/h12-14,17H,2-11H2,1H3. The van der Waals surface area contributed by atoms with Gasteiger partial charge in [-0.3, -0.25) is 4.90 Å². The predicted octanol–water partition coefficient (Wildman–Crippen LogP) is 1.56. The second kappa shape index (κ2) is 5.68. The molecule has 1 aliphatic carbocycles. The van der Waals surface area contributed by atoms with Crippen LogP contribution in [0.3, 0.4) is 0 Å². The molecule has 19 heavy (non-hydrogen) atoms. The molecule has 0 aromatic carbocycles.